The van der Waals surface area contributed by atoms with E-state index >= 15 is 0 Å². The Morgan fingerprint density at radius 2 is 1.65 bits per heavy atom. The molecule has 5 amide bonds. The first kappa shape index (κ1) is 41.7. The number of nitrogens with one attached hydrogen (secondary N) is 4. The van der Waals surface area contributed by atoms with Crippen LogP contribution >= 0.6 is 0 Å². The van der Waals surface area contributed by atoms with E-state index < -0.39 is 74.6 Å². The van der Waals surface area contributed by atoms with E-state index in [0.717, 1.165) is 12.0 Å². The topological polar surface area (TPSA) is 174 Å². The Bertz CT molecular complexity index is 1430. The number of hydrogen-bond acceptors (Lipinski definition) is 7. The van der Waals surface area contributed by atoms with Gasteiger partial charge in [0, 0.05) is 32.1 Å². The van der Waals surface area contributed by atoms with Gasteiger partial charge in [-0.2, -0.15) is 4.31 Å². The second kappa shape index (κ2) is 17.4. The maximum absolute atomic E-state index is 14.4. The molecule has 2 aliphatic heterocycles. The number of carbonyl (C=O) groups is 5. The van der Waals surface area contributed by atoms with Crippen LogP contribution in [0.4, 0.5) is 4.79 Å². The van der Waals surface area contributed by atoms with Gasteiger partial charge < -0.3 is 26.2 Å². The lowest BCUT2D eigenvalue weighted by Gasteiger charge is -2.38. The molecule has 0 bridgehead atoms. The molecule has 4 atom stereocenters. The minimum absolute atomic E-state index is 0.0697. The Hall–Kier alpha value is -3.48. The summed E-state index contributed by atoms with van der Waals surface area (Å²) in [7, 11) is -3.44. The van der Waals surface area contributed by atoms with Gasteiger partial charge in [-0.25, -0.2) is 13.2 Å². The summed E-state index contributed by atoms with van der Waals surface area (Å²) in [6, 6.07) is -4.38. The van der Waals surface area contributed by atoms with Crippen LogP contribution in [-0.2, 0) is 29.2 Å². The van der Waals surface area contributed by atoms with Crippen LogP contribution in [0.15, 0.2) is 29.5 Å². The minimum Gasteiger partial charge on any atom is -0.346 e. The van der Waals surface area contributed by atoms with Crippen LogP contribution in [-0.4, -0.2) is 103 Å². The summed E-state index contributed by atoms with van der Waals surface area (Å²) in [6.07, 6.45) is 3.70. The number of amides is 5. The molecule has 0 aromatic carbocycles. The van der Waals surface area contributed by atoms with Crippen molar-refractivity contribution in [2.75, 3.05) is 31.9 Å². The van der Waals surface area contributed by atoms with Crippen molar-refractivity contribution in [1.29, 1.82) is 0 Å². The molecule has 2 heterocycles. The Morgan fingerprint density at radius 3 is 2.18 bits per heavy atom. The smallest absolute Gasteiger partial charge is 0.315 e. The zero-order valence-corrected chi connectivity index (χ0v) is 31.6. The molecule has 2 saturated heterocycles. The van der Waals surface area contributed by atoms with E-state index in [1.165, 1.54) is 15.3 Å². The predicted molar refractivity (Wildman–Crippen MR) is 190 cm³/mol. The van der Waals surface area contributed by atoms with Crippen molar-refractivity contribution >= 4 is 39.6 Å². The van der Waals surface area contributed by atoms with Crippen LogP contribution in [0.3, 0.4) is 0 Å². The quantitative estimate of drug-likeness (QED) is 0.129. The zero-order valence-electron chi connectivity index (χ0n) is 30.8. The zero-order chi connectivity index (χ0) is 37.3. The van der Waals surface area contributed by atoms with Crippen molar-refractivity contribution in [2.45, 2.75) is 119 Å². The van der Waals surface area contributed by atoms with E-state index in [0.29, 0.717) is 25.0 Å². The number of carbonyl (C=O) groups excluding carboxylic acids is 5. The van der Waals surface area contributed by atoms with Crippen molar-refractivity contribution in [3.63, 3.8) is 0 Å². The first-order chi connectivity index (χ1) is 22.6. The molecule has 2 fully saturated rings. The largest absolute Gasteiger partial charge is 0.346 e. The summed E-state index contributed by atoms with van der Waals surface area (Å²) < 4.78 is 26.9. The van der Waals surface area contributed by atoms with Crippen molar-refractivity contribution in [2.24, 2.45) is 10.8 Å². The molecule has 13 nitrogen and oxygen atoms in total. The molecular formula is C35H58N6O7S. The van der Waals surface area contributed by atoms with Gasteiger partial charge in [-0.15, -0.1) is 12.3 Å². The average molecular weight is 707 g/mol. The number of rotatable bonds is 13. The Kier molecular flexibility index (Phi) is 14.8. The van der Waals surface area contributed by atoms with Gasteiger partial charge in [0.05, 0.1) is 18.3 Å². The second-order valence-electron chi connectivity index (χ2n) is 15.3. The fourth-order valence-corrected chi connectivity index (χ4v) is 7.41. The van der Waals surface area contributed by atoms with Crippen LogP contribution in [0.2, 0.25) is 0 Å². The highest BCUT2D eigenvalue weighted by Gasteiger charge is 2.45. The molecule has 1 unspecified atom stereocenters. The number of Topliss-reactive ketones (excluding diaryl/α,β-unsaturated/α-hetero) is 1. The van der Waals surface area contributed by atoms with Gasteiger partial charge in [-0.1, -0.05) is 61.0 Å². The Balaban J connectivity index is 2.37. The molecule has 4 N–H and O–H groups in total. The Labute approximate surface area is 292 Å². The highest BCUT2D eigenvalue weighted by molar-refractivity contribution is 7.89. The van der Waals surface area contributed by atoms with Crippen LogP contribution in [0.5, 0.6) is 0 Å². The fourth-order valence-electron chi connectivity index (χ4n) is 5.80. The SMILES string of the molecule is C=CCNC(=O)C(=O)C(CCC)NC(=O)[C@@H]1CC(=C=C(C)C)CN1C(=O)[C@@H](NC(=O)N[C@H](CN1CCCCS1(=O)=O)C(C)(C)C)C(C)(C)C. The third-order valence-corrected chi connectivity index (χ3v) is 10.5. The van der Waals surface area contributed by atoms with E-state index in [1.54, 1.807) is 20.8 Å². The molecule has 0 radical (unpaired) electrons. The van der Waals surface area contributed by atoms with Crippen LogP contribution in [0.1, 0.15) is 94.4 Å². The normalized spacial score (nSPS) is 19.9. The predicted octanol–water partition coefficient (Wildman–Crippen LogP) is 2.79. The lowest BCUT2D eigenvalue weighted by atomic mass is 9.85. The number of nitrogens with zero attached hydrogens (tertiary/aromatic N) is 2. The molecule has 0 spiro atoms. The molecule has 2 rings (SSSR count). The number of ketones is 1. The molecule has 0 aromatic rings. The number of sulfonamides is 1. The summed E-state index contributed by atoms with van der Waals surface area (Å²) in [5, 5.41) is 10.9. The van der Waals surface area contributed by atoms with Crippen LogP contribution < -0.4 is 21.3 Å². The third-order valence-electron chi connectivity index (χ3n) is 8.61. The standard InChI is InChI=1S/C35H58N6O7S/c1-11-15-25(28(42)31(44)36-16-12-2)37-30(43)26-20-24(19-23(3)4)21-41(26)32(45)29(35(8,9)10)39-33(46)38-27(34(5,6)7)22-40-17-13-14-18-49(40,47)48/h12,25-27,29H,2,11,13-18,20-22H2,1,3-10H3,(H,36,44)(H,37,43)(H2,38,39,46)/t25?,26-,27+,29+/m0/s1. The maximum Gasteiger partial charge on any atom is 0.315 e. The lowest BCUT2D eigenvalue weighted by molar-refractivity contribution is -0.143. The first-order valence-corrected chi connectivity index (χ1v) is 18.7. The van der Waals surface area contributed by atoms with E-state index in [2.05, 4.69) is 33.6 Å². The lowest BCUT2D eigenvalue weighted by Crippen LogP contribution is -2.62. The monoisotopic (exact) mass is 706 g/mol. The van der Waals surface area contributed by atoms with E-state index in [4.69, 9.17) is 0 Å². The van der Waals surface area contributed by atoms with Gasteiger partial charge in [-0.05, 0) is 55.1 Å². The van der Waals surface area contributed by atoms with E-state index in [-0.39, 0.29) is 38.2 Å². The van der Waals surface area contributed by atoms with E-state index in [1.807, 2.05) is 41.5 Å². The summed E-state index contributed by atoms with van der Waals surface area (Å²) in [5.74, 6) is -2.64. The summed E-state index contributed by atoms with van der Waals surface area (Å²) in [4.78, 5) is 68.5. The molecular weight excluding hydrogens is 648 g/mol. The van der Waals surface area contributed by atoms with Crippen LogP contribution in [0, 0.1) is 10.8 Å². The number of hydrogen-bond donors (Lipinski definition) is 4. The van der Waals surface area contributed by atoms with Gasteiger partial charge in [0.15, 0.2) is 0 Å². The molecule has 14 heteroatoms. The number of urea groups is 1. The molecule has 0 saturated carbocycles. The van der Waals surface area contributed by atoms with Crippen molar-refractivity contribution in [3.8, 4) is 0 Å². The summed E-state index contributed by atoms with van der Waals surface area (Å²) >= 11 is 0. The van der Waals surface area contributed by atoms with Gasteiger partial charge in [-0.3, -0.25) is 19.2 Å². The van der Waals surface area contributed by atoms with Crippen molar-refractivity contribution in [1.82, 2.24) is 30.5 Å². The second-order valence-corrected chi connectivity index (χ2v) is 17.4. The third kappa shape index (κ3) is 12.1. The molecule has 2 aliphatic rings. The van der Waals surface area contributed by atoms with Gasteiger partial charge >= 0.3 is 6.03 Å². The van der Waals surface area contributed by atoms with Gasteiger partial charge in [0.2, 0.25) is 27.6 Å². The molecule has 49 heavy (non-hydrogen) atoms. The highest BCUT2D eigenvalue weighted by atomic mass is 32.2. The first-order valence-electron chi connectivity index (χ1n) is 17.1. The van der Waals surface area contributed by atoms with Gasteiger partial charge in [0.1, 0.15) is 12.1 Å². The van der Waals surface area contributed by atoms with Gasteiger partial charge in [0.25, 0.3) is 5.91 Å². The number of likely N-dealkylation sites (tertiary alicyclic amines) is 1. The van der Waals surface area contributed by atoms with Crippen LogP contribution in [0.25, 0.3) is 0 Å². The van der Waals surface area contributed by atoms with E-state index in [9.17, 15) is 32.4 Å². The van der Waals surface area contributed by atoms with Crippen molar-refractivity contribution in [3.05, 3.63) is 29.5 Å². The minimum atomic E-state index is -3.44. The molecule has 276 valence electrons. The highest BCUT2D eigenvalue weighted by Crippen LogP contribution is 2.29. The summed E-state index contributed by atoms with van der Waals surface area (Å²) in [6.45, 7) is 20.9. The van der Waals surface area contributed by atoms with Crippen molar-refractivity contribution < 1.29 is 32.4 Å². The maximum atomic E-state index is 14.4. The average Bonchev–Trinajstić information content (AvgIpc) is 3.40. The summed E-state index contributed by atoms with van der Waals surface area (Å²) in [5.41, 5.74) is 3.49. The molecule has 0 aliphatic carbocycles. The fraction of sp³-hybridized carbons (Fsp3) is 0.714. The Morgan fingerprint density at radius 1 is 1.00 bits per heavy atom. The molecule has 0 aromatic heterocycles.